The zero-order valence-electron chi connectivity index (χ0n) is 10.9. The zero-order chi connectivity index (χ0) is 12.5. The van der Waals surface area contributed by atoms with Crippen LogP contribution in [0.3, 0.4) is 0 Å². The van der Waals surface area contributed by atoms with Crippen LogP contribution in [-0.4, -0.2) is 37.6 Å². The molecule has 3 rings (SSSR count). The molecule has 0 saturated carbocycles. The van der Waals surface area contributed by atoms with Gasteiger partial charge in [0.25, 0.3) is 0 Å². The molecule has 2 saturated heterocycles. The van der Waals surface area contributed by atoms with Crippen LogP contribution in [0.15, 0.2) is 24.3 Å². The smallest absolute Gasteiger partial charge is 0.0408 e. The van der Waals surface area contributed by atoms with Crippen molar-refractivity contribution in [1.29, 1.82) is 0 Å². The molecule has 1 unspecified atom stereocenters. The largest absolute Gasteiger partial charge is 0.316 e. The number of hydrogen-bond donors (Lipinski definition) is 1. The maximum atomic E-state index is 6.06. The average molecular weight is 265 g/mol. The van der Waals surface area contributed by atoms with E-state index < -0.39 is 0 Å². The summed E-state index contributed by atoms with van der Waals surface area (Å²) in [6.45, 7) is 8.43. The number of nitrogens with one attached hydrogen (secondary N) is 1. The van der Waals surface area contributed by atoms with Gasteiger partial charge in [-0.15, -0.1) is 0 Å². The van der Waals surface area contributed by atoms with Crippen molar-refractivity contribution < 1.29 is 0 Å². The molecule has 0 bridgehead atoms. The highest BCUT2D eigenvalue weighted by molar-refractivity contribution is 6.30. The van der Waals surface area contributed by atoms with Gasteiger partial charge in [0.05, 0.1) is 0 Å². The molecule has 0 aliphatic carbocycles. The molecule has 1 aromatic rings. The van der Waals surface area contributed by atoms with Crippen LogP contribution < -0.4 is 5.32 Å². The monoisotopic (exact) mass is 264 g/mol. The van der Waals surface area contributed by atoms with Gasteiger partial charge in [-0.2, -0.15) is 0 Å². The van der Waals surface area contributed by atoms with E-state index in [4.69, 9.17) is 11.6 Å². The van der Waals surface area contributed by atoms with Crippen LogP contribution >= 0.6 is 11.6 Å². The van der Waals surface area contributed by atoms with E-state index in [-0.39, 0.29) is 0 Å². The molecule has 0 amide bonds. The number of rotatable bonds is 3. The first-order valence-corrected chi connectivity index (χ1v) is 7.28. The molecule has 2 aliphatic rings. The SMILES string of the molecule is CC(CN1C[C@H]2CNC[C@H]2C1)c1cccc(Cl)c1. The predicted octanol–water partition coefficient (Wildman–Crippen LogP) is 2.59. The zero-order valence-corrected chi connectivity index (χ0v) is 11.7. The molecular weight excluding hydrogens is 244 g/mol. The lowest BCUT2D eigenvalue weighted by Gasteiger charge is -2.22. The van der Waals surface area contributed by atoms with Crippen molar-refractivity contribution in [2.75, 3.05) is 32.7 Å². The summed E-state index contributed by atoms with van der Waals surface area (Å²) in [6, 6.07) is 8.29. The molecular formula is C15H21ClN2. The van der Waals surface area contributed by atoms with E-state index >= 15 is 0 Å². The van der Waals surface area contributed by atoms with E-state index in [2.05, 4.69) is 35.3 Å². The average Bonchev–Trinajstić information content (AvgIpc) is 2.89. The van der Waals surface area contributed by atoms with Gasteiger partial charge >= 0.3 is 0 Å². The van der Waals surface area contributed by atoms with Crippen LogP contribution in [0, 0.1) is 11.8 Å². The highest BCUT2D eigenvalue weighted by Crippen LogP contribution is 2.28. The first kappa shape index (κ1) is 12.5. The van der Waals surface area contributed by atoms with Gasteiger partial charge in [-0.25, -0.2) is 0 Å². The number of hydrogen-bond acceptors (Lipinski definition) is 2. The van der Waals surface area contributed by atoms with Gasteiger partial charge in [0.2, 0.25) is 0 Å². The Morgan fingerprint density at radius 3 is 2.72 bits per heavy atom. The second-order valence-corrected chi connectivity index (χ2v) is 6.29. The van der Waals surface area contributed by atoms with E-state index in [1.54, 1.807) is 0 Å². The summed E-state index contributed by atoms with van der Waals surface area (Å²) in [4.78, 5) is 2.63. The number of likely N-dealkylation sites (tertiary alicyclic amines) is 1. The second-order valence-electron chi connectivity index (χ2n) is 5.85. The van der Waals surface area contributed by atoms with Crippen molar-refractivity contribution in [2.24, 2.45) is 11.8 Å². The first-order chi connectivity index (χ1) is 8.72. The molecule has 2 heterocycles. The van der Waals surface area contributed by atoms with Crippen LogP contribution in [0.2, 0.25) is 5.02 Å². The molecule has 2 fully saturated rings. The summed E-state index contributed by atoms with van der Waals surface area (Å²) < 4.78 is 0. The summed E-state index contributed by atoms with van der Waals surface area (Å²) >= 11 is 6.06. The fourth-order valence-electron chi connectivity index (χ4n) is 3.41. The van der Waals surface area contributed by atoms with Gasteiger partial charge in [0, 0.05) is 24.7 Å². The van der Waals surface area contributed by atoms with E-state index in [1.165, 1.54) is 31.7 Å². The fourth-order valence-corrected chi connectivity index (χ4v) is 3.61. The maximum Gasteiger partial charge on any atom is 0.0408 e. The molecule has 3 heteroatoms. The Bertz CT molecular complexity index is 409. The minimum atomic E-state index is 0.565. The lowest BCUT2D eigenvalue weighted by molar-refractivity contribution is 0.298. The third kappa shape index (κ3) is 2.56. The van der Waals surface area contributed by atoms with Crippen molar-refractivity contribution in [1.82, 2.24) is 10.2 Å². The van der Waals surface area contributed by atoms with Gasteiger partial charge in [-0.05, 0) is 48.5 Å². The molecule has 0 spiro atoms. The van der Waals surface area contributed by atoms with Crippen LogP contribution in [-0.2, 0) is 0 Å². The molecule has 0 radical (unpaired) electrons. The number of halogens is 1. The van der Waals surface area contributed by atoms with Crippen molar-refractivity contribution >= 4 is 11.6 Å². The van der Waals surface area contributed by atoms with E-state index in [9.17, 15) is 0 Å². The lowest BCUT2D eigenvalue weighted by Crippen LogP contribution is -2.29. The third-order valence-electron chi connectivity index (χ3n) is 4.41. The van der Waals surface area contributed by atoms with Gasteiger partial charge in [-0.1, -0.05) is 30.7 Å². The predicted molar refractivity (Wildman–Crippen MR) is 76.2 cm³/mol. The summed E-state index contributed by atoms with van der Waals surface area (Å²) in [6.07, 6.45) is 0. The highest BCUT2D eigenvalue weighted by Gasteiger charge is 2.36. The highest BCUT2D eigenvalue weighted by atomic mass is 35.5. The molecule has 0 aromatic heterocycles. The summed E-state index contributed by atoms with van der Waals surface area (Å²) in [5, 5.41) is 4.34. The molecule has 2 aliphatic heterocycles. The number of nitrogens with zero attached hydrogens (tertiary/aromatic N) is 1. The van der Waals surface area contributed by atoms with Crippen LogP contribution in [0.25, 0.3) is 0 Å². The Balaban J connectivity index is 1.60. The molecule has 98 valence electrons. The molecule has 1 aromatic carbocycles. The van der Waals surface area contributed by atoms with Crippen molar-refractivity contribution in [2.45, 2.75) is 12.8 Å². The molecule has 2 nitrogen and oxygen atoms in total. The van der Waals surface area contributed by atoms with Crippen molar-refractivity contribution in [3.8, 4) is 0 Å². The Labute approximate surface area is 114 Å². The normalized spacial score (nSPS) is 29.4. The minimum Gasteiger partial charge on any atom is -0.316 e. The fraction of sp³-hybridized carbons (Fsp3) is 0.600. The van der Waals surface area contributed by atoms with E-state index in [0.717, 1.165) is 23.4 Å². The van der Waals surface area contributed by atoms with Crippen LogP contribution in [0.4, 0.5) is 0 Å². The first-order valence-electron chi connectivity index (χ1n) is 6.91. The lowest BCUT2D eigenvalue weighted by atomic mass is 10.0. The van der Waals surface area contributed by atoms with Gasteiger partial charge in [0.1, 0.15) is 0 Å². The molecule has 1 N–H and O–H groups in total. The maximum absolute atomic E-state index is 6.06. The standard InChI is InChI=1S/C15H21ClN2/c1-11(12-3-2-4-15(16)5-12)8-18-9-13-6-17-7-14(13)10-18/h2-5,11,13-14,17H,6-10H2,1H3/t11?,13-,14+. The number of benzene rings is 1. The van der Waals surface area contributed by atoms with E-state index in [1.807, 2.05) is 6.07 Å². The topological polar surface area (TPSA) is 15.3 Å². The Hall–Kier alpha value is -0.570. The van der Waals surface area contributed by atoms with Crippen LogP contribution in [0.5, 0.6) is 0 Å². The summed E-state index contributed by atoms with van der Waals surface area (Å²) in [5.41, 5.74) is 1.36. The van der Waals surface area contributed by atoms with Crippen LogP contribution in [0.1, 0.15) is 18.4 Å². The Morgan fingerprint density at radius 1 is 1.33 bits per heavy atom. The van der Waals surface area contributed by atoms with Crippen molar-refractivity contribution in [3.05, 3.63) is 34.9 Å². The number of fused-ring (bicyclic) bond motifs is 1. The van der Waals surface area contributed by atoms with Gasteiger partial charge < -0.3 is 10.2 Å². The minimum absolute atomic E-state index is 0.565. The van der Waals surface area contributed by atoms with Gasteiger partial charge in [0.15, 0.2) is 0 Å². The Kier molecular flexibility index (Phi) is 3.60. The van der Waals surface area contributed by atoms with Crippen molar-refractivity contribution in [3.63, 3.8) is 0 Å². The third-order valence-corrected chi connectivity index (χ3v) is 4.65. The molecule has 18 heavy (non-hydrogen) atoms. The second kappa shape index (κ2) is 5.20. The molecule has 3 atom stereocenters. The quantitative estimate of drug-likeness (QED) is 0.903. The summed E-state index contributed by atoms with van der Waals surface area (Å²) in [7, 11) is 0. The Morgan fingerprint density at radius 2 is 2.06 bits per heavy atom. The summed E-state index contributed by atoms with van der Waals surface area (Å²) in [5.74, 6) is 2.34. The van der Waals surface area contributed by atoms with Gasteiger partial charge in [-0.3, -0.25) is 0 Å². The van der Waals surface area contributed by atoms with E-state index in [0.29, 0.717) is 5.92 Å².